The molecule has 3 N–H and O–H groups in total. The van der Waals surface area contributed by atoms with Gasteiger partial charge in [-0.15, -0.1) is 0 Å². The summed E-state index contributed by atoms with van der Waals surface area (Å²) in [7, 11) is 0. The average Bonchev–Trinajstić information content (AvgIpc) is 2.81. The number of carbonyl (C=O) groups is 1. The fraction of sp³-hybridized carbons (Fsp3) is 0. The van der Waals surface area contributed by atoms with Gasteiger partial charge in [0, 0.05) is 23.0 Å². The Labute approximate surface area is 107 Å². The number of carboxylic acids is 1. The van der Waals surface area contributed by atoms with Gasteiger partial charge in [-0.25, -0.2) is 4.79 Å². The van der Waals surface area contributed by atoms with E-state index < -0.39 is 5.97 Å². The Bertz CT molecular complexity index is 797. The molecule has 3 aromatic rings. The topological polar surface area (TPSA) is 85.9 Å². The number of para-hydroxylation sites is 1. The first-order valence-electron chi connectivity index (χ1n) is 5.69. The number of pyridine rings is 1. The monoisotopic (exact) mass is 254 g/mol. The predicted octanol–water partition coefficient (Wildman–Crippen LogP) is 2.22. The number of hydrogen-bond donors (Lipinski definition) is 3. The number of fused-ring (bicyclic) bond motifs is 1. The molecule has 19 heavy (non-hydrogen) atoms. The molecule has 0 unspecified atom stereocenters. The van der Waals surface area contributed by atoms with Crippen molar-refractivity contribution in [2.45, 2.75) is 0 Å². The molecular formula is C14H10N2O3. The highest BCUT2D eigenvalue weighted by Gasteiger charge is 2.09. The van der Waals surface area contributed by atoms with Gasteiger partial charge in [0.25, 0.3) is 0 Å². The Kier molecular flexibility index (Phi) is 2.45. The molecule has 2 heterocycles. The van der Waals surface area contributed by atoms with E-state index in [0.29, 0.717) is 11.4 Å². The standard InChI is InChI=1S/C14H10N2O3/c17-9-6-12(16-13(7-9)14(18)19)11-5-8-3-1-2-4-10(8)15-11/h1-7,15H,(H,16,17)(H,18,19). The second-order valence-electron chi connectivity index (χ2n) is 4.22. The summed E-state index contributed by atoms with van der Waals surface area (Å²) in [5.41, 5.74) is 1.60. The summed E-state index contributed by atoms with van der Waals surface area (Å²) >= 11 is 0. The van der Waals surface area contributed by atoms with Gasteiger partial charge in [0.15, 0.2) is 5.43 Å². The average molecular weight is 254 g/mol. The highest BCUT2D eigenvalue weighted by molar-refractivity contribution is 5.87. The van der Waals surface area contributed by atoms with E-state index in [1.165, 1.54) is 6.07 Å². The molecule has 0 aliphatic heterocycles. The number of hydrogen-bond acceptors (Lipinski definition) is 2. The van der Waals surface area contributed by atoms with E-state index >= 15 is 0 Å². The smallest absolute Gasteiger partial charge is 0.352 e. The summed E-state index contributed by atoms with van der Waals surface area (Å²) in [6.45, 7) is 0. The molecule has 0 atom stereocenters. The number of aromatic nitrogens is 2. The molecule has 1 aromatic carbocycles. The SMILES string of the molecule is O=C(O)c1cc(=O)cc(-c2cc3ccccc3[nH]2)[nH]1. The molecule has 5 nitrogen and oxygen atoms in total. The van der Waals surface area contributed by atoms with Crippen molar-refractivity contribution in [1.82, 2.24) is 9.97 Å². The van der Waals surface area contributed by atoms with Crippen molar-refractivity contribution in [3.8, 4) is 11.4 Å². The Morgan fingerprint density at radius 2 is 1.74 bits per heavy atom. The minimum absolute atomic E-state index is 0.124. The van der Waals surface area contributed by atoms with E-state index in [0.717, 1.165) is 17.0 Å². The van der Waals surface area contributed by atoms with Crippen molar-refractivity contribution in [1.29, 1.82) is 0 Å². The molecule has 0 aliphatic carbocycles. The fourth-order valence-corrected chi connectivity index (χ4v) is 2.02. The van der Waals surface area contributed by atoms with Crippen LogP contribution in [0, 0.1) is 0 Å². The molecule has 0 bridgehead atoms. The maximum absolute atomic E-state index is 11.5. The van der Waals surface area contributed by atoms with E-state index in [1.54, 1.807) is 0 Å². The van der Waals surface area contributed by atoms with Crippen LogP contribution in [0.25, 0.3) is 22.3 Å². The molecule has 0 saturated heterocycles. The van der Waals surface area contributed by atoms with Crippen molar-refractivity contribution >= 4 is 16.9 Å². The van der Waals surface area contributed by atoms with Crippen LogP contribution in [0.15, 0.2) is 47.3 Å². The van der Waals surface area contributed by atoms with Crippen LogP contribution >= 0.6 is 0 Å². The van der Waals surface area contributed by atoms with E-state index in [9.17, 15) is 9.59 Å². The number of nitrogens with one attached hydrogen (secondary N) is 2. The largest absolute Gasteiger partial charge is 0.477 e. The summed E-state index contributed by atoms with van der Waals surface area (Å²) in [6, 6.07) is 12.0. The first-order chi connectivity index (χ1) is 9.13. The lowest BCUT2D eigenvalue weighted by molar-refractivity contribution is 0.0690. The molecule has 5 heteroatoms. The molecule has 0 saturated carbocycles. The zero-order valence-electron chi connectivity index (χ0n) is 9.81. The first-order valence-corrected chi connectivity index (χ1v) is 5.69. The van der Waals surface area contributed by atoms with Crippen LogP contribution in [0.2, 0.25) is 0 Å². The minimum Gasteiger partial charge on any atom is -0.477 e. The molecule has 0 amide bonds. The van der Waals surface area contributed by atoms with Crippen molar-refractivity contribution in [2.75, 3.05) is 0 Å². The lowest BCUT2D eigenvalue weighted by atomic mass is 10.2. The van der Waals surface area contributed by atoms with Crippen LogP contribution in [-0.4, -0.2) is 21.0 Å². The summed E-state index contributed by atoms with van der Waals surface area (Å²) in [6.07, 6.45) is 0. The Hall–Kier alpha value is -2.82. The molecule has 2 aromatic heterocycles. The van der Waals surface area contributed by atoms with Gasteiger partial charge in [0.2, 0.25) is 0 Å². The van der Waals surface area contributed by atoms with Crippen molar-refractivity contribution < 1.29 is 9.90 Å². The Morgan fingerprint density at radius 1 is 1.00 bits per heavy atom. The number of rotatable bonds is 2. The van der Waals surface area contributed by atoms with Crippen LogP contribution in [0.1, 0.15) is 10.5 Å². The van der Waals surface area contributed by atoms with Gasteiger partial charge in [-0.3, -0.25) is 4.79 Å². The normalized spacial score (nSPS) is 10.7. The zero-order valence-corrected chi connectivity index (χ0v) is 9.81. The van der Waals surface area contributed by atoms with Crippen LogP contribution in [0.3, 0.4) is 0 Å². The Morgan fingerprint density at radius 3 is 2.47 bits per heavy atom. The highest BCUT2D eigenvalue weighted by atomic mass is 16.4. The number of H-pyrrole nitrogens is 2. The Balaban J connectivity index is 2.20. The van der Waals surface area contributed by atoms with Gasteiger partial charge < -0.3 is 15.1 Å². The summed E-state index contributed by atoms with van der Waals surface area (Å²) in [4.78, 5) is 28.3. The maximum Gasteiger partial charge on any atom is 0.352 e. The highest BCUT2D eigenvalue weighted by Crippen LogP contribution is 2.21. The molecular weight excluding hydrogens is 244 g/mol. The fourth-order valence-electron chi connectivity index (χ4n) is 2.02. The lowest BCUT2D eigenvalue weighted by Crippen LogP contribution is -2.09. The second kappa shape index (κ2) is 4.13. The van der Waals surface area contributed by atoms with E-state index in [4.69, 9.17) is 5.11 Å². The minimum atomic E-state index is -1.16. The van der Waals surface area contributed by atoms with Gasteiger partial charge in [0.05, 0.1) is 11.4 Å². The second-order valence-corrected chi connectivity index (χ2v) is 4.22. The van der Waals surface area contributed by atoms with Crippen LogP contribution in [-0.2, 0) is 0 Å². The number of aromatic amines is 2. The van der Waals surface area contributed by atoms with Crippen LogP contribution < -0.4 is 5.43 Å². The first kappa shape index (κ1) is 11.3. The van der Waals surface area contributed by atoms with Crippen molar-refractivity contribution in [3.05, 3.63) is 58.4 Å². The predicted molar refractivity (Wildman–Crippen MR) is 71.3 cm³/mol. The van der Waals surface area contributed by atoms with Gasteiger partial charge >= 0.3 is 5.97 Å². The van der Waals surface area contributed by atoms with E-state index in [2.05, 4.69) is 9.97 Å². The van der Waals surface area contributed by atoms with Gasteiger partial charge in [-0.2, -0.15) is 0 Å². The third-order valence-corrected chi connectivity index (χ3v) is 2.89. The van der Waals surface area contributed by atoms with Gasteiger partial charge in [0.1, 0.15) is 5.69 Å². The van der Waals surface area contributed by atoms with Crippen LogP contribution in [0.4, 0.5) is 0 Å². The molecule has 0 spiro atoms. The lowest BCUT2D eigenvalue weighted by Gasteiger charge is -2.00. The third kappa shape index (κ3) is 2.01. The van der Waals surface area contributed by atoms with Gasteiger partial charge in [-0.1, -0.05) is 18.2 Å². The number of benzene rings is 1. The summed E-state index contributed by atoms with van der Waals surface area (Å²) in [5.74, 6) is -1.16. The quantitative estimate of drug-likeness (QED) is 0.655. The maximum atomic E-state index is 11.5. The molecule has 3 rings (SSSR count). The number of carboxylic acid groups (broad SMARTS) is 1. The molecule has 94 valence electrons. The molecule has 0 fully saturated rings. The van der Waals surface area contributed by atoms with Crippen LogP contribution in [0.5, 0.6) is 0 Å². The molecule has 0 radical (unpaired) electrons. The summed E-state index contributed by atoms with van der Waals surface area (Å²) in [5, 5.41) is 9.94. The van der Waals surface area contributed by atoms with Gasteiger partial charge in [-0.05, 0) is 12.1 Å². The molecule has 0 aliphatic rings. The number of aromatic carboxylic acids is 1. The van der Waals surface area contributed by atoms with E-state index in [1.807, 2.05) is 30.3 Å². The van der Waals surface area contributed by atoms with E-state index in [-0.39, 0.29) is 11.1 Å². The third-order valence-electron chi connectivity index (χ3n) is 2.89. The zero-order chi connectivity index (χ0) is 13.4. The van der Waals surface area contributed by atoms with Crippen molar-refractivity contribution in [3.63, 3.8) is 0 Å². The summed E-state index contributed by atoms with van der Waals surface area (Å²) < 4.78 is 0. The van der Waals surface area contributed by atoms with Crippen molar-refractivity contribution in [2.24, 2.45) is 0 Å².